The van der Waals surface area contributed by atoms with Gasteiger partial charge in [-0.1, -0.05) is 12.1 Å². The molecule has 0 aliphatic rings. The molecule has 0 amide bonds. The molecule has 0 N–H and O–H groups in total. The van der Waals surface area contributed by atoms with Crippen LogP contribution < -0.4 is 4.74 Å². The number of thiophene rings is 1. The van der Waals surface area contributed by atoms with Crippen LogP contribution in [0, 0.1) is 32.0 Å². The number of hydrogen-bond donors (Lipinski definition) is 0. The molecular weight excluding hydrogens is 387 g/mol. The van der Waals surface area contributed by atoms with Gasteiger partial charge in [0.15, 0.2) is 4.90 Å². The molecule has 1 unspecified atom stereocenters. The van der Waals surface area contributed by atoms with Crippen molar-refractivity contribution in [3.63, 3.8) is 0 Å². The Morgan fingerprint density at radius 1 is 1.10 bits per heavy atom. The highest BCUT2D eigenvalue weighted by atomic mass is 32.2. The fourth-order valence-electron chi connectivity index (χ4n) is 3.09. The summed E-state index contributed by atoms with van der Waals surface area (Å²) >= 11 is 0. The molecule has 0 saturated heterocycles. The first-order chi connectivity index (χ1) is 13.7. The second-order valence-electron chi connectivity index (χ2n) is 7.20. The minimum Gasteiger partial charge on any atom is -0.423 e. The van der Waals surface area contributed by atoms with Gasteiger partial charge in [0.2, 0.25) is 4.88 Å². The Morgan fingerprint density at radius 3 is 2.31 bits per heavy atom. The summed E-state index contributed by atoms with van der Waals surface area (Å²) in [6, 6.07) is 13.7. The number of halogens is 1. The number of ether oxygens (including phenoxy) is 2. The lowest BCUT2D eigenvalue weighted by atomic mass is 9.98. The SMILES string of the molecule is C#Cc1ccc[s+]1-c1cc(C)c(OC(=O)OC(C)(C)c2ccc(F)cc2)c(C)c1. The molecule has 1 atom stereocenters. The van der Waals surface area contributed by atoms with E-state index in [2.05, 4.69) is 11.3 Å². The lowest BCUT2D eigenvalue weighted by Crippen LogP contribution is -2.27. The van der Waals surface area contributed by atoms with E-state index < -0.39 is 11.8 Å². The first kappa shape index (κ1) is 20.6. The fraction of sp³-hybridized carbons (Fsp3) is 0.208. The molecule has 0 aliphatic carbocycles. The van der Waals surface area contributed by atoms with Crippen LogP contribution in [0.2, 0.25) is 0 Å². The van der Waals surface area contributed by atoms with Crippen molar-refractivity contribution in [1.29, 1.82) is 0 Å². The highest BCUT2D eigenvalue weighted by Crippen LogP contribution is 2.39. The molecule has 3 rings (SSSR count). The van der Waals surface area contributed by atoms with Crippen LogP contribution in [0.25, 0.3) is 4.90 Å². The zero-order valence-electron chi connectivity index (χ0n) is 16.8. The smallest absolute Gasteiger partial charge is 0.423 e. The molecular formula is C24H22FO3S+. The quantitative estimate of drug-likeness (QED) is 0.210. The summed E-state index contributed by atoms with van der Waals surface area (Å²) in [5.74, 6) is 2.84. The van der Waals surface area contributed by atoms with Crippen LogP contribution in [0.15, 0.2) is 53.9 Å². The molecule has 3 aromatic rings. The average molecular weight is 410 g/mol. The lowest BCUT2D eigenvalue weighted by molar-refractivity contribution is 0.00607. The zero-order valence-corrected chi connectivity index (χ0v) is 17.6. The first-order valence-electron chi connectivity index (χ1n) is 9.07. The zero-order chi connectivity index (χ0) is 21.2. The van der Waals surface area contributed by atoms with Crippen LogP contribution in [0.3, 0.4) is 0 Å². The number of benzene rings is 2. The van der Waals surface area contributed by atoms with Crippen LogP contribution in [0.5, 0.6) is 5.75 Å². The van der Waals surface area contributed by atoms with E-state index in [0.717, 1.165) is 20.9 Å². The van der Waals surface area contributed by atoms with Gasteiger partial charge in [0.05, 0.1) is 0 Å². The number of carbonyl (C=O) groups excluding carboxylic acids is 1. The number of carbonyl (C=O) groups is 1. The summed E-state index contributed by atoms with van der Waals surface area (Å²) in [7, 11) is -0.271. The van der Waals surface area contributed by atoms with Gasteiger partial charge in [0.1, 0.15) is 22.5 Å². The van der Waals surface area contributed by atoms with E-state index in [1.54, 1.807) is 26.0 Å². The van der Waals surface area contributed by atoms with Crippen molar-refractivity contribution in [2.45, 2.75) is 33.3 Å². The minimum absolute atomic E-state index is 0.271. The highest BCUT2D eigenvalue weighted by Gasteiger charge is 2.28. The Hall–Kier alpha value is -3.10. The fourth-order valence-corrected chi connectivity index (χ4v) is 4.84. The molecule has 0 aliphatic heterocycles. The molecule has 148 valence electrons. The summed E-state index contributed by atoms with van der Waals surface area (Å²) in [4.78, 5) is 14.5. The maximum atomic E-state index is 13.2. The molecule has 0 fully saturated rings. The Kier molecular flexibility index (Phi) is 5.76. The average Bonchev–Trinajstić information content (AvgIpc) is 3.13. The van der Waals surface area contributed by atoms with Crippen molar-refractivity contribution in [2.24, 2.45) is 0 Å². The van der Waals surface area contributed by atoms with Crippen molar-refractivity contribution in [3.8, 4) is 23.0 Å². The van der Waals surface area contributed by atoms with Gasteiger partial charge < -0.3 is 9.47 Å². The molecule has 1 aromatic heterocycles. The van der Waals surface area contributed by atoms with Crippen LogP contribution in [-0.2, 0) is 10.3 Å². The molecule has 2 aromatic carbocycles. The van der Waals surface area contributed by atoms with Crippen molar-refractivity contribution < 1.29 is 18.7 Å². The van der Waals surface area contributed by atoms with E-state index in [-0.39, 0.29) is 16.3 Å². The van der Waals surface area contributed by atoms with Crippen LogP contribution in [-0.4, -0.2) is 6.16 Å². The third kappa shape index (κ3) is 4.49. The summed E-state index contributed by atoms with van der Waals surface area (Å²) in [5.41, 5.74) is 1.35. The van der Waals surface area contributed by atoms with E-state index in [0.29, 0.717) is 11.3 Å². The lowest BCUT2D eigenvalue weighted by Gasteiger charge is -2.25. The Bertz CT molecular complexity index is 1070. The largest absolute Gasteiger partial charge is 0.514 e. The molecule has 1 heterocycles. The monoisotopic (exact) mass is 409 g/mol. The van der Waals surface area contributed by atoms with Gasteiger partial charge >= 0.3 is 6.16 Å². The molecule has 0 bridgehead atoms. The summed E-state index contributed by atoms with van der Waals surface area (Å²) < 4.78 is 24.2. The third-order valence-corrected chi connectivity index (χ3v) is 6.49. The maximum Gasteiger partial charge on any atom is 0.514 e. The molecule has 0 radical (unpaired) electrons. The standard InChI is InChI=1S/C24H22FO3S/c1-6-20-8-7-13-29(20)21-14-16(2)22(17(3)15-21)27-23(26)28-24(4,5)18-9-11-19(25)12-10-18/h1,7-15H,2-5H3/q+1. The molecule has 5 heteroatoms. The van der Waals surface area contributed by atoms with Gasteiger partial charge in [-0.25, -0.2) is 9.18 Å². The number of hydrogen-bond acceptors (Lipinski definition) is 3. The Balaban J connectivity index is 1.80. The predicted molar refractivity (Wildman–Crippen MR) is 114 cm³/mol. The van der Waals surface area contributed by atoms with Gasteiger partial charge in [0.25, 0.3) is 0 Å². The normalized spacial score (nSPS) is 11.7. The number of rotatable bonds is 4. The summed E-state index contributed by atoms with van der Waals surface area (Å²) in [6.07, 6.45) is 4.78. The summed E-state index contributed by atoms with van der Waals surface area (Å²) in [5, 5.41) is 2.07. The van der Waals surface area contributed by atoms with Crippen molar-refractivity contribution in [2.75, 3.05) is 0 Å². The number of terminal acetylenes is 1. The van der Waals surface area contributed by atoms with E-state index in [1.807, 2.05) is 38.1 Å². The second kappa shape index (κ2) is 8.10. The maximum absolute atomic E-state index is 13.2. The second-order valence-corrected chi connectivity index (χ2v) is 9.06. The Labute approximate surface area is 173 Å². The molecule has 0 spiro atoms. The first-order valence-corrected chi connectivity index (χ1v) is 10.4. The number of aryl methyl sites for hydroxylation is 2. The van der Waals surface area contributed by atoms with Crippen LogP contribution in [0.4, 0.5) is 9.18 Å². The predicted octanol–water partition coefficient (Wildman–Crippen LogP) is 6.61. The third-order valence-electron chi connectivity index (χ3n) is 4.59. The van der Waals surface area contributed by atoms with Gasteiger partial charge in [-0.3, -0.25) is 0 Å². The molecule has 29 heavy (non-hydrogen) atoms. The van der Waals surface area contributed by atoms with E-state index >= 15 is 0 Å². The van der Waals surface area contributed by atoms with Gasteiger partial charge in [-0.15, -0.1) is 6.42 Å². The van der Waals surface area contributed by atoms with E-state index in [1.165, 1.54) is 12.1 Å². The molecule has 0 saturated carbocycles. The van der Waals surface area contributed by atoms with Gasteiger partial charge in [-0.2, -0.15) is 0 Å². The topological polar surface area (TPSA) is 35.5 Å². The van der Waals surface area contributed by atoms with Crippen molar-refractivity contribution in [3.05, 3.63) is 81.3 Å². The summed E-state index contributed by atoms with van der Waals surface area (Å²) in [6.45, 7) is 7.22. The highest BCUT2D eigenvalue weighted by molar-refractivity contribution is 7.38. The van der Waals surface area contributed by atoms with Crippen LogP contribution in [0.1, 0.15) is 35.4 Å². The van der Waals surface area contributed by atoms with Crippen LogP contribution >= 0.6 is 10.5 Å². The Morgan fingerprint density at radius 2 is 1.72 bits per heavy atom. The van der Waals surface area contributed by atoms with E-state index in [4.69, 9.17) is 15.9 Å². The minimum atomic E-state index is -0.963. The van der Waals surface area contributed by atoms with E-state index in [9.17, 15) is 9.18 Å². The molecule has 3 nitrogen and oxygen atoms in total. The van der Waals surface area contributed by atoms with Gasteiger partial charge in [0, 0.05) is 28.7 Å². The van der Waals surface area contributed by atoms with Crippen molar-refractivity contribution in [1.82, 2.24) is 0 Å². The van der Waals surface area contributed by atoms with Gasteiger partial charge in [-0.05, 0) is 68.5 Å². The van der Waals surface area contributed by atoms with Crippen molar-refractivity contribution >= 4 is 16.6 Å².